The highest BCUT2D eigenvalue weighted by molar-refractivity contribution is 5.21. The molecule has 1 fully saturated rings. The summed E-state index contributed by atoms with van der Waals surface area (Å²) in [6.45, 7) is 0.875. The minimum atomic E-state index is -0.140. The topological polar surface area (TPSA) is 38.0 Å². The van der Waals surface area contributed by atoms with E-state index in [9.17, 15) is 4.39 Å². The fourth-order valence-corrected chi connectivity index (χ4v) is 1.94. The van der Waals surface area contributed by atoms with Crippen molar-refractivity contribution in [3.05, 3.63) is 35.6 Å². The number of nitrogens with one attached hydrogen (secondary N) is 1. The van der Waals surface area contributed by atoms with Crippen molar-refractivity contribution in [1.29, 1.82) is 0 Å². The first-order chi connectivity index (χ1) is 6.77. The molecule has 1 heterocycles. The third-order valence-electron chi connectivity index (χ3n) is 2.72. The van der Waals surface area contributed by atoms with E-state index in [4.69, 9.17) is 5.73 Å². The fourth-order valence-electron chi connectivity index (χ4n) is 1.94. The fraction of sp³-hybridized carbons (Fsp3) is 0.455. The van der Waals surface area contributed by atoms with Crippen LogP contribution in [0.15, 0.2) is 24.3 Å². The Morgan fingerprint density at radius 2 is 2.14 bits per heavy atom. The van der Waals surface area contributed by atoms with E-state index in [2.05, 4.69) is 5.32 Å². The van der Waals surface area contributed by atoms with Gasteiger partial charge in [0.2, 0.25) is 0 Å². The highest BCUT2D eigenvalue weighted by atomic mass is 19.1. The Hall–Kier alpha value is -0.930. The van der Waals surface area contributed by atoms with E-state index in [-0.39, 0.29) is 17.9 Å². The molecule has 0 spiro atoms. The number of benzene rings is 1. The standard InChI is InChI=1S/C11H15FN2/c12-10-4-2-1-3-9(10)11-7-8(13)5-6-14-11/h1-4,8,11,14H,5-7,13H2/t8-,11+/m1/s1. The van der Waals surface area contributed by atoms with Crippen molar-refractivity contribution in [3.8, 4) is 0 Å². The number of halogens is 1. The molecule has 1 aromatic rings. The van der Waals surface area contributed by atoms with E-state index >= 15 is 0 Å². The number of hydrogen-bond donors (Lipinski definition) is 2. The van der Waals surface area contributed by atoms with Gasteiger partial charge in [-0.25, -0.2) is 4.39 Å². The Morgan fingerprint density at radius 3 is 2.86 bits per heavy atom. The zero-order valence-corrected chi connectivity index (χ0v) is 8.04. The number of piperidine rings is 1. The van der Waals surface area contributed by atoms with Gasteiger partial charge in [0.05, 0.1) is 0 Å². The van der Waals surface area contributed by atoms with Gasteiger partial charge in [0.25, 0.3) is 0 Å². The molecule has 3 heteroatoms. The van der Waals surface area contributed by atoms with E-state index in [1.165, 1.54) is 6.07 Å². The molecule has 76 valence electrons. The second-order valence-electron chi connectivity index (χ2n) is 3.81. The Kier molecular flexibility index (Phi) is 2.79. The summed E-state index contributed by atoms with van der Waals surface area (Å²) in [7, 11) is 0. The molecule has 2 nitrogen and oxygen atoms in total. The van der Waals surface area contributed by atoms with Crippen molar-refractivity contribution >= 4 is 0 Å². The quantitative estimate of drug-likeness (QED) is 0.712. The SMILES string of the molecule is N[C@@H]1CCN[C@H](c2ccccc2F)C1. The maximum Gasteiger partial charge on any atom is 0.127 e. The smallest absolute Gasteiger partial charge is 0.127 e. The molecule has 0 saturated carbocycles. The lowest BCUT2D eigenvalue weighted by Crippen LogP contribution is -2.38. The second kappa shape index (κ2) is 4.07. The molecule has 14 heavy (non-hydrogen) atoms. The summed E-state index contributed by atoms with van der Waals surface area (Å²) in [5.74, 6) is -0.140. The van der Waals surface area contributed by atoms with Crippen molar-refractivity contribution in [2.24, 2.45) is 5.73 Å². The van der Waals surface area contributed by atoms with Crippen LogP contribution in [0.3, 0.4) is 0 Å². The van der Waals surface area contributed by atoms with Crippen LogP contribution in [-0.2, 0) is 0 Å². The Morgan fingerprint density at radius 1 is 1.36 bits per heavy atom. The van der Waals surface area contributed by atoms with Crippen molar-refractivity contribution in [1.82, 2.24) is 5.32 Å². The van der Waals surface area contributed by atoms with Gasteiger partial charge >= 0.3 is 0 Å². The number of hydrogen-bond acceptors (Lipinski definition) is 2. The minimum Gasteiger partial charge on any atom is -0.328 e. The van der Waals surface area contributed by atoms with Gasteiger partial charge in [-0.15, -0.1) is 0 Å². The third kappa shape index (κ3) is 1.94. The maximum atomic E-state index is 13.4. The van der Waals surface area contributed by atoms with Crippen LogP contribution in [0.5, 0.6) is 0 Å². The first-order valence-electron chi connectivity index (χ1n) is 5.01. The van der Waals surface area contributed by atoms with Crippen LogP contribution in [-0.4, -0.2) is 12.6 Å². The van der Waals surface area contributed by atoms with Crippen molar-refractivity contribution < 1.29 is 4.39 Å². The second-order valence-corrected chi connectivity index (χ2v) is 3.81. The average Bonchev–Trinajstić information content (AvgIpc) is 2.18. The molecule has 0 amide bonds. The highest BCUT2D eigenvalue weighted by Gasteiger charge is 2.21. The maximum absolute atomic E-state index is 13.4. The van der Waals surface area contributed by atoms with Gasteiger partial charge in [0.1, 0.15) is 5.82 Å². The van der Waals surface area contributed by atoms with E-state index in [1.807, 2.05) is 12.1 Å². The third-order valence-corrected chi connectivity index (χ3v) is 2.72. The molecule has 0 bridgehead atoms. The van der Waals surface area contributed by atoms with Crippen LogP contribution in [0.1, 0.15) is 24.4 Å². The molecule has 2 rings (SSSR count). The van der Waals surface area contributed by atoms with E-state index < -0.39 is 0 Å². The Balaban J connectivity index is 2.18. The van der Waals surface area contributed by atoms with Gasteiger partial charge in [0, 0.05) is 17.6 Å². The van der Waals surface area contributed by atoms with Crippen LogP contribution >= 0.6 is 0 Å². The van der Waals surface area contributed by atoms with Gasteiger partial charge in [-0.1, -0.05) is 18.2 Å². The summed E-state index contributed by atoms with van der Waals surface area (Å²) < 4.78 is 13.4. The minimum absolute atomic E-state index is 0.0833. The van der Waals surface area contributed by atoms with E-state index in [0.717, 1.165) is 24.9 Å². The highest BCUT2D eigenvalue weighted by Crippen LogP contribution is 2.24. The molecular formula is C11H15FN2. The summed E-state index contributed by atoms with van der Waals surface area (Å²) in [6.07, 6.45) is 1.80. The van der Waals surface area contributed by atoms with Gasteiger partial charge in [-0.2, -0.15) is 0 Å². The molecule has 1 aliphatic heterocycles. The molecule has 0 unspecified atom stereocenters. The van der Waals surface area contributed by atoms with Crippen LogP contribution in [0.4, 0.5) is 4.39 Å². The summed E-state index contributed by atoms with van der Waals surface area (Å²) in [5.41, 5.74) is 6.59. The number of nitrogens with two attached hydrogens (primary N) is 1. The zero-order chi connectivity index (χ0) is 9.97. The monoisotopic (exact) mass is 194 g/mol. The molecule has 2 atom stereocenters. The molecular weight excluding hydrogens is 179 g/mol. The lowest BCUT2D eigenvalue weighted by atomic mass is 9.94. The average molecular weight is 194 g/mol. The van der Waals surface area contributed by atoms with E-state index in [1.54, 1.807) is 6.07 Å². The lowest BCUT2D eigenvalue weighted by Gasteiger charge is -2.28. The molecule has 0 radical (unpaired) electrons. The zero-order valence-electron chi connectivity index (χ0n) is 8.04. The molecule has 1 aromatic carbocycles. The molecule has 0 aromatic heterocycles. The molecule has 1 saturated heterocycles. The van der Waals surface area contributed by atoms with Gasteiger partial charge < -0.3 is 11.1 Å². The summed E-state index contributed by atoms with van der Waals surface area (Å²) >= 11 is 0. The van der Waals surface area contributed by atoms with Crippen LogP contribution in [0, 0.1) is 5.82 Å². The van der Waals surface area contributed by atoms with Crippen LogP contribution < -0.4 is 11.1 Å². The van der Waals surface area contributed by atoms with Gasteiger partial charge in [-0.05, 0) is 25.5 Å². The van der Waals surface area contributed by atoms with Crippen molar-refractivity contribution in [3.63, 3.8) is 0 Å². The lowest BCUT2D eigenvalue weighted by molar-refractivity contribution is 0.361. The van der Waals surface area contributed by atoms with Crippen molar-refractivity contribution in [2.75, 3.05) is 6.54 Å². The van der Waals surface area contributed by atoms with Crippen molar-refractivity contribution in [2.45, 2.75) is 24.9 Å². The predicted molar refractivity (Wildman–Crippen MR) is 54.4 cm³/mol. The molecule has 0 aliphatic carbocycles. The largest absolute Gasteiger partial charge is 0.328 e. The summed E-state index contributed by atoms with van der Waals surface area (Å²) in [6, 6.07) is 7.17. The molecule has 3 N–H and O–H groups in total. The summed E-state index contributed by atoms with van der Waals surface area (Å²) in [5, 5.41) is 3.29. The Bertz CT molecular complexity index is 314. The molecule has 1 aliphatic rings. The normalized spacial score (nSPS) is 27.6. The van der Waals surface area contributed by atoms with Crippen LogP contribution in [0.25, 0.3) is 0 Å². The number of rotatable bonds is 1. The van der Waals surface area contributed by atoms with Gasteiger partial charge in [-0.3, -0.25) is 0 Å². The Labute approximate surface area is 83.3 Å². The predicted octanol–water partition coefficient (Wildman–Crippen LogP) is 1.58. The summed E-state index contributed by atoms with van der Waals surface area (Å²) in [4.78, 5) is 0. The van der Waals surface area contributed by atoms with E-state index in [0.29, 0.717) is 0 Å². The van der Waals surface area contributed by atoms with Gasteiger partial charge in [0.15, 0.2) is 0 Å². The first-order valence-corrected chi connectivity index (χ1v) is 5.01. The first kappa shape index (κ1) is 9.62. The van der Waals surface area contributed by atoms with Crippen LogP contribution in [0.2, 0.25) is 0 Å².